The summed E-state index contributed by atoms with van der Waals surface area (Å²) in [4.78, 5) is 16.2. The first-order valence-electron chi connectivity index (χ1n) is 6.17. The third-order valence-corrected chi connectivity index (χ3v) is 3.15. The first kappa shape index (κ1) is 11.8. The monoisotopic (exact) mass is 257 g/mol. The summed E-state index contributed by atoms with van der Waals surface area (Å²) in [6, 6.07) is 8.07. The van der Waals surface area contributed by atoms with Crippen LogP contribution in [0.1, 0.15) is 28.0 Å². The molecule has 0 N–H and O–H groups in total. The Bertz CT molecular complexity index is 640. The molecule has 1 aliphatic rings. The molecule has 19 heavy (non-hydrogen) atoms. The molecule has 96 valence electrons. The Balaban J connectivity index is 2.08. The van der Waals surface area contributed by atoms with E-state index in [4.69, 9.17) is 4.74 Å². The van der Waals surface area contributed by atoms with E-state index < -0.39 is 11.6 Å². The zero-order valence-electron chi connectivity index (χ0n) is 10.2. The standard InChI is InChI=1S/C15H12FNO2/c16-12-7-2-8-17-13(12)14(18)11-6-1-4-10-5-3-9-19-15(10)11/h1-2,4,6-8H,3,5,9H2. The number of aryl methyl sites for hydroxylation is 1. The maximum Gasteiger partial charge on any atom is 0.218 e. The summed E-state index contributed by atoms with van der Waals surface area (Å²) in [5.41, 5.74) is 1.22. The van der Waals surface area contributed by atoms with Crippen molar-refractivity contribution < 1.29 is 13.9 Å². The molecule has 0 bridgehead atoms. The lowest BCUT2D eigenvalue weighted by atomic mass is 9.98. The van der Waals surface area contributed by atoms with Crippen molar-refractivity contribution in [2.24, 2.45) is 0 Å². The van der Waals surface area contributed by atoms with Crippen LogP contribution in [0.3, 0.4) is 0 Å². The van der Waals surface area contributed by atoms with E-state index in [-0.39, 0.29) is 5.69 Å². The van der Waals surface area contributed by atoms with Crippen LogP contribution >= 0.6 is 0 Å². The van der Waals surface area contributed by atoms with Crippen LogP contribution in [0.4, 0.5) is 4.39 Å². The quantitative estimate of drug-likeness (QED) is 0.776. The maximum absolute atomic E-state index is 13.6. The molecule has 0 fully saturated rings. The average Bonchev–Trinajstić information content (AvgIpc) is 2.46. The van der Waals surface area contributed by atoms with Crippen LogP contribution in [-0.4, -0.2) is 17.4 Å². The Labute approximate surface area is 110 Å². The van der Waals surface area contributed by atoms with Crippen molar-refractivity contribution in [1.29, 1.82) is 0 Å². The second-order valence-electron chi connectivity index (χ2n) is 4.41. The summed E-state index contributed by atoms with van der Waals surface area (Å²) in [5, 5.41) is 0. The highest BCUT2D eigenvalue weighted by Gasteiger charge is 2.22. The van der Waals surface area contributed by atoms with Gasteiger partial charge in [-0.15, -0.1) is 0 Å². The van der Waals surface area contributed by atoms with Gasteiger partial charge in [0.1, 0.15) is 11.4 Å². The van der Waals surface area contributed by atoms with Crippen molar-refractivity contribution >= 4 is 5.78 Å². The highest BCUT2D eigenvalue weighted by atomic mass is 19.1. The molecular weight excluding hydrogens is 245 g/mol. The van der Waals surface area contributed by atoms with Gasteiger partial charge in [-0.3, -0.25) is 4.79 Å². The van der Waals surface area contributed by atoms with Crippen molar-refractivity contribution in [2.75, 3.05) is 6.61 Å². The Morgan fingerprint density at radius 3 is 3.00 bits per heavy atom. The van der Waals surface area contributed by atoms with E-state index in [1.807, 2.05) is 6.07 Å². The maximum atomic E-state index is 13.6. The van der Waals surface area contributed by atoms with Gasteiger partial charge in [0.05, 0.1) is 12.2 Å². The number of carbonyl (C=O) groups excluding carboxylic acids is 1. The number of benzene rings is 1. The fourth-order valence-electron chi connectivity index (χ4n) is 2.25. The van der Waals surface area contributed by atoms with E-state index in [1.54, 1.807) is 12.1 Å². The summed E-state index contributed by atoms with van der Waals surface area (Å²) >= 11 is 0. The van der Waals surface area contributed by atoms with Crippen LogP contribution in [0.15, 0.2) is 36.5 Å². The van der Waals surface area contributed by atoms with Crippen LogP contribution in [0, 0.1) is 5.82 Å². The van der Waals surface area contributed by atoms with Crippen LogP contribution < -0.4 is 4.74 Å². The molecule has 0 amide bonds. The fraction of sp³-hybridized carbons (Fsp3) is 0.200. The van der Waals surface area contributed by atoms with Crippen molar-refractivity contribution in [3.05, 3.63) is 59.2 Å². The first-order valence-corrected chi connectivity index (χ1v) is 6.17. The summed E-state index contributed by atoms with van der Waals surface area (Å²) in [7, 11) is 0. The number of hydrogen-bond acceptors (Lipinski definition) is 3. The topological polar surface area (TPSA) is 39.2 Å². The van der Waals surface area contributed by atoms with Crippen LogP contribution in [0.5, 0.6) is 5.75 Å². The Morgan fingerprint density at radius 2 is 2.16 bits per heavy atom. The fourth-order valence-corrected chi connectivity index (χ4v) is 2.25. The minimum Gasteiger partial charge on any atom is -0.493 e. The predicted octanol–water partition coefficient (Wildman–Crippen LogP) is 2.78. The normalized spacial score (nSPS) is 13.5. The van der Waals surface area contributed by atoms with E-state index in [2.05, 4.69) is 4.98 Å². The summed E-state index contributed by atoms with van der Waals surface area (Å²) in [6.07, 6.45) is 3.22. The van der Waals surface area contributed by atoms with Crippen LogP contribution in [0.25, 0.3) is 0 Å². The molecule has 2 heterocycles. The van der Waals surface area contributed by atoms with Gasteiger partial charge in [-0.1, -0.05) is 12.1 Å². The second kappa shape index (κ2) is 4.80. The molecule has 0 aliphatic carbocycles. The van der Waals surface area contributed by atoms with Gasteiger partial charge < -0.3 is 4.74 Å². The number of pyridine rings is 1. The number of nitrogens with zero attached hydrogens (tertiary/aromatic N) is 1. The Morgan fingerprint density at radius 1 is 1.26 bits per heavy atom. The third kappa shape index (κ3) is 2.10. The summed E-state index contributed by atoms with van der Waals surface area (Å²) < 4.78 is 19.2. The van der Waals surface area contributed by atoms with Crippen LogP contribution in [-0.2, 0) is 6.42 Å². The van der Waals surface area contributed by atoms with E-state index in [1.165, 1.54) is 18.3 Å². The van der Waals surface area contributed by atoms with E-state index in [0.29, 0.717) is 17.9 Å². The number of hydrogen-bond donors (Lipinski definition) is 0. The lowest BCUT2D eigenvalue weighted by molar-refractivity contribution is 0.102. The highest BCUT2D eigenvalue weighted by Crippen LogP contribution is 2.30. The molecule has 3 nitrogen and oxygen atoms in total. The van der Waals surface area contributed by atoms with Crippen molar-refractivity contribution in [2.45, 2.75) is 12.8 Å². The molecule has 0 saturated heterocycles. The van der Waals surface area contributed by atoms with E-state index in [9.17, 15) is 9.18 Å². The summed E-state index contributed by atoms with van der Waals surface area (Å²) in [6.45, 7) is 0.585. The molecule has 1 aliphatic heterocycles. The van der Waals surface area contributed by atoms with Gasteiger partial charge in [0.15, 0.2) is 5.82 Å². The number of aromatic nitrogens is 1. The minimum absolute atomic E-state index is 0.162. The molecule has 3 rings (SSSR count). The van der Waals surface area contributed by atoms with Gasteiger partial charge in [-0.25, -0.2) is 9.37 Å². The Kier molecular flexibility index (Phi) is 2.99. The predicted molar refractivity (Wildman–Crippen MR) is 67.9 cm³/mol. The first-order chi connectivity index (χ1) is 9.27. The zero-order chi connectivity index (χ0) is 13.2. The van der Waals surface area contributed by atoms with Gasteiger partial charge in [0, 0.05) is 6.20 Å². The van der Waals surface area contributed by atoms with Crippen molar-refractivity contribution in [3.8, 4) is 5.75 Å². The summed E-state index contributed by atoms with van der Waals surface area (Å²) in [5.74, 6) is -0.471. The second-order valence-corrected chi connectivity index (χ2v) is 4.41. The van der Waals surface area contributed by atoms with Crippen LogP contribution in [0.2, 0.25) is 0 Å². The van der Waals surface area contributed by atoms with Gasteiger partial charge >= 0.3 is 0 Å². The van der Waals surface area contributed by atoms with Gasteiger partial charge in [-0.05, 0) is 36.6 Å². The van der Waals surface area contributed by atoms with Gasteiger partial charge in [-0.2, -0.15) is 0 Å². The Hall–Kier alpha value is -2.23. The lowest BCUT2D eigenvalue weighted by Crippen LogP contribution is -2.14. The van der Waals surface area contributed by atoms with E-state index in [0.717, 1.165) is 18.4 Å². The molecule has 0 atom stereocenters. The smallest absolute Gasteiger partial charge is 0.218 e. The van der Waals surface area contributed by atoms with Gasteiger partial charge in [0.2, 0.25) is 5.78 Å². The number of ether oxygens (including phenoxy) is 1. The lowest BCUT2D eigenvalue weighted by Gasteiger charge is -2.19. The number of para-hydroxylation sites is 1. The highest BCUT2D eigenvalue weighted by molar-refractivity contribution is 6.09. The number of carbonyl (C=O) groups is 1. The molecular formula is C15H12FNO2. The van der Waals surface area contributed by atoms with Crippen molar-refractivity contribution in [1.82, 2.24) is 4.98 Å². The zero-order valence-corrected chi connectivity index (χ0v) is 10.2. The molecule has 1 aromatic carbocycles. The average molecular weight is 257 g/mol. The molecule has 2 aromatic rings. The molecule has 0 radical (unpaired) electrons. The molecule has 0 saturated carbocycles. The van der Waals surface area contributed by atoms with Crippen molar-refractivity contribution in [3.63, 3.8) is 0 Å². The molecule has 0 spiro atoms. The number of halogens is 1. The third-order valence-electron chi connectivity index (χ3n) is 3.15. The van der Waals surface area contributed by atoms with Gasteiger partial charge in [0.25, 0.3) is 0 Å². The number of fused-ring (bicyclic) bond motifs is 1. The van der Waals surface area contributed by atoms with E-state index >= 15 is 0 Å². The molecule has 1 aromatic heterocycles. The number of rotatable bonds is 2. The largest absolute Gasteiger partial charge is 0.493 e. The SMILES string of the molecule is O=C(c1cccc2c1OCCC2)c1ncccc1F. The minimum atomic E-state index is -0.610. The number of ketones is 1. The molecule has 4 heteroatoms. The molecule has 0 unspecified atom stereocenters.